The van der Waals surface area contributed by atoms with Gasteiger partial charge in [0.1, 0.15) is 11.6 Å². The molecule has 4 aromatic carbocycles. The fraction of sp³-hybridized carbons (Fsp3) is 0.258. The molecule has 172 valence electrons. The summed E-state index contributed by atoms with van der Waals surface area (Å²) in [4.78, 5) is 0. The number of hydrogen-bond acceptors (Lipinski definition) is 1. The van der Waals surface area contributed by atoms with Crippen LogP contribution >= 0.6 is 0 Å². The predicted molar refractivity (Wildman–Crippen MR) is 136 cm³/mol. The van der Waals surface area contributed by atoms with Gasteiger partial charge in [-0.1, -0.05) is 74.7 Å². The predicted octanol–water partition coefficient (Wildman–Crippen LogP) is 8.56. The first-order valence-electron chi connectivity index (χ1n) is 12.1. The number of benzene rings is 4. The highest BCUT2D eigenvalue weighted by Gasteiger charge is 2.11. The third-order valence-electron chi connectivity index (χ3n) is 6.46. The summed E-state index contributed by atoms with van der Waals surface area (Å²) in [6.45, 7) is 2.18. The highest BCUT2D eigenvalue weighted by atomic mass is 19.1. The zero-order valence-corrected chi connectivity index (χ0v) is 19.6. The van der Waals surface area contributed by atoms with Crippen LogP contribution in [0.1, 0.15) is 54.9 Å². The molecule has 0 heterocycles. The summed E-state index contributed by atoms with van der Waals surface area (Å²) in [5.74, 6) is -0.451. The van der Waals surface area contributed by atoms with Crippen molar-refractivity contribution >= 4 is 10.8 Å². The molecule has 0 amide bonds. The Hall–Kier alpha value is -3.51. The van der Waals surface area contributed by atoms with Crippen LogP contribution in [-0.2, 0) is 19.3 Å². The number of rotatable bonds is 9. The Bertz CT molecular complexity index is 1320. The quantitative estimate of drug-likeness (QED) is 0.233. The first-order chi connectivity index (χ1) is 16.6. The Kier molecular flexibility index (Phi) is 7.70. The molecule has 0 aliphatic heterocycles. The Labute approximate surface area is 200 Å². The maximum absolute atomic E-state index is 15.2. The Morgan fingerprint density at radius 1 is 0.735 bits per heavy atom. The summed E-state index contributed by atoms with van der Waals surface area (Å²) in [7, 11) is 0. The van der Waals surface area contributed by atoms with Crippen LogP contribution in [0.15, 0.2) is 72.8 Å². The molecule has 0 aliphatic carbocycles. The summed E-state index contributed by atoms with van der Waals surface area (Å²) >= 11 is 0. The molecule has 1 nitrogen and oxygen atoms in total. The molecular weight excluding hydrogens is 424 g/mol. The minimum Gasteiger partial charge on any atom is -0.206 e. The van der Waals surface area contributed by atoms with Gasteiger partial charge >= 0.3 is 0 Å². The van der Waals surface area contributed by atoms with E-state index in [9.17, 15) is 4.39 Å². The van der Waals surface area contributed by atoms with Crippen LogP contribution < -0.4 is 0 Å². The molecule has 0 N–H and O–H groups in total. The first-order valence-corrected chi connectivity index (χ1v) is 12.1. The van der Waals surface area contributed by atoms with E-state index in [0.29, 0.717) is 34.9 Å². The molecule has 0 aliphatic rings. The zero-order valence-electron chi connectivity index (χ0n) is 19.6. The maximum Gasteiger partial charge on any atom is 0.134 e. The van der Waals surface area contributed by atoms with Gasteiger partial charge in [0.2, 0.25) is 0 Å². The molecule has 0 radical (unpaired) electrons. The zero-order chi connectivity index (χ0) is 23.9. The van der Waals surface area contributed by atoms with E-state index in [1.807, 2.05) is 42.5 Å². The fourth-order valence-corrected chi connectivity index (χ4v) is 4.43. The van der Waals surface area contributed by atoms with E-state index in [2.05, 4.69) is 13.0 Å². The molecule has 0 atom stereocenters. The van der Waals surface area contributed by atoms with Crippen molar-refractivity contribution in [2.45, 2.75) is 51.9 Å². The third-order valence-corrected chi connectivity index (χ3v) is 6.46. The van der Waals surface area contributed by atoms with Crippen molar-refractivity contribution in [3.05, 3.63) is 107 Å². The molecular formula is C31H29F2N. The van der Waals surface area contributed by atoms with Gasteiger partial charge in [0.05, 0.1) is 11.6 Å². The lowest BCUT2D eigenvalue weighted by atomic mass is 9.96. The molecule has 4 aromatic rings. The number of aryl methyl sites for hydroxylation is 3. The SMILES string of the molecule is CCCCCCc1ccc(-c2ccc3c(F)c(CCc4ccc(C#N)cc4)ccc3c2)c(F)c1. The minimum atomic E-state index is -0.230. The lowest BCUT2D eigenvalue weighted by Gasteiger charge is -2.10. The van der Waals surface area contributed by atoms with E-state index >= 15 is 4.39 Å². The topological polar surface area (TPSA) is 23.8 Å². The van der Waals surface area contributed by atoms with E-state index in [1.54, 1.807) is 30.3 Å². The van der Waals surface area contributed by atoms with Gasteiger partial charge in [-0.3, -0.25) is 0 Å². The number of nitriles is 1. The van der Waals surface area contributed by atoms with Gasteiger partial charge in [0, 0.05) is 10.9 Å². The molecule has 0 bridgehead atoms. The highest BCUT2D eigenvalue weighted by Crippen LogP contribution is 2.30. The molecule has 0 spiro atoms. The van der Waals surface area contributed by atoms with Crippen LogP contribution in [0.5, 0.6) is 0 Å². The number of halogens is 2. The summed E-state index contributed by atoms with van der Waals surface area (Å²) in [6, 6.07) is 24.1. The first kappa shape index (κ1) is 23.6. The monoisotopic (exact) mass is 453 g/mol. The average molecular weight is 454 g/mol. The molecule has 0 unspecified atom stereocenters. The van der Waals surface area contributed by atoms with Gasteiger partial charge in [-0.2, -0.15) is 5.26 Å². The van der Waals surface area contributed by atoms with Gasteiger partial charge < -0.3 is 0 Å². The van der Waals surface area contributed by atoms with E-state index < -0.39 is 0 Å². The van der Waals surface area contributed by atoms with Crippen LogP contribution in [0.25, 0.3) is 21.9 Å². The molecule has 0 saturated carbocycles. The number of hydrogen-bond donors (Lipinski definition) is 0. The standard InChI is InChI=1S/C31H29F2N/c1-2-3-4-5-6-23-12-17-28(30(32)19-23)26-16-18-29-27(20-26)15-14-25(31(29)33)13-11-22-7-9-24(21-34)10-8-22/h7-10,12,14-20H,2-6,11,13H2,1H3. The molecule has 3 heteroatoms. The van der Waals surface area contributed by atoms with E-state index in [0.717, 1.165) is 34.9 Å². The summed E-state index contributed by atoms with van der Waals surface area (Å²) in [6.07, 6.45) is 6.82. The van der Waals surface area contributed by atoms with Crippen molar-refractivity contribution in [2.24, 2.45) is 0 Å². The smallest absolute Gasteiger partial charge is 0.134 e. The van der Waals surface area contributed by atoms with E-state index in [-0.39, 0.29) is 11.6 Å². The average Bonchev–Trinajstić information content (AvgIpc) is 2.86. The van der Waals surface area contributed by atoms with Gasteiger partial charge in [-0.25, -0.2) is 8.78 Å². The summed E-state index contributed by atoms with van der Waals surface area (Å²) in [5.41, 5.74) is 4.67. The normalized spacial score (nSPS) is 11.0. The van der Waals surface area contributed by atoms with Crippen LogP contribution in [0.3, 0.4) is 0 Å². The van der Waals surface area contributed by atoms with Gasteiger partial charge in [-0.15, -0.1) is 0 Å². The number of fused-ring (bicyclic) bond motifs is 1. The lowest BCUT2D eigenvalue weighted by molar-refractivity contribution is 0.620. The summed E-state index contributed by atoms with van der Waals surface area (Å²) < 4.78 is 30.1. The van der Waals surface area contributed by atoms with E-state index in [4.69, 9.17) is 5.26 Å². The molecule has 0 saturated heterocycles. The Balaban J connectivity index is 1.50. The van der Waals surface area contributed by atoms with Crippen molar-refractivity contribution in [3.63, 3.8) is 0 Å². The molecule has 0 aromatic heterocycles. The van der Waals surface area contributed by atoms with Gasteiger partial charge in [0.25, 0.3) is 0 Å². The molecule has 4 rings (SSSR count). The second-order valence-corrected chi connectivity index (χ2v) is 8.91. The van der Waals surface area contributed by atoms with Crippen molar-refractivity contribution in [3.8, 4) is 17.2 Å². The largest absolute Gasteiger partial charge is 0.206 e. The maximum atomic E-state index is 15.2. The van der Waals surface area contributed by atoms with Crippen molar-refractivity contribution in [1.29, 1.82) is 5.26 Å². The van der Waals surface area contributed by atoms with Crippen LogP contribution in [0.2, 0.25) is 0 Å². The van der Waals surface area contributed by atoms with Crippen LogP contribution in [-0.4, -0.2) is 0 Å². The molecule has 34 heavy (non-hydrogen) atoms. The number of unbranched alkanes of at least 4 members (excludes halogenated alkanes) is 3. The molecule has 0 fully saturated rings. The van der Waals surface area contributed by atoms with Crippen LogP contribution in [0, 0.1) is 23.0 Å². The highest BCUT2D eigenvalue weighted by molar-refractivity contribution is 5.88. The Morgan fingerprint density at radius 2 is 1.53 bits per heavy atom. The van der Waals surface area contributed by atoms with Crippen molar-refractivity contribution in [1.82, 2.24) is 0 Å². The second-order valence-electron chi connectivity index (χ2n) is 8.91. The summed E-state index contributed by atoms with van der Waals surface area (Å²) in [5, 5.41) is 10.2. The lowest BCUT2D eigenvalue weighted by Crippen LogP contribution is -1.96. The Morgan fingerprint density at radius 3 is 2.26 bits per heavy atom. The van der Waals surface area contributed by atoms with Gasteiger partial charge in [-0.05, 0) is 77.6 Å². The second kappa shape index (κ2) is 11.1. The van der Waals surface area contributed by atoms with Gasteiger partial charge in [0.15, 0.2) is 0 Å². The van der Waals surface area contributed by atoms with Crippen LogP contribution in [0.4, 0.5) is 8.78 Å². The fourth-order valence-electron chi connectivity index (χ4n) is 4.43. The number of nitrogens with zero attached hydrogens (tertiary/aromatic N) is 1. The van der Waals surface area contributed by atoms with Crippen molar-refractivity contribution in [2.75, 3.05) is 0 Å². The third kappa shape index (κ3) is 5.51. The van der Waals surface area contributed by atoms with Crippen molar-refractivity contribution < 1.29 is 8.78 Å². The van der Waals surface area contributed by atoms with E-state index in [1.165, 1.54) is 19.3 Å². The minimum absolute atomic E-state index is 0.222.